The van der Waals surface area contributed by atoms with Crippen LogP contribution in [0.3, 0.4) is 0 Å². The smallest absolute Gasteiger partial charge is 0.118 e. The fourth-order valence-electron chi connectivity index (χ4n) is 3.78. The van der Waals surface area contributed by atoms with Crippen molar-refractivity contribution in [1.82, 2.24) is 0 Å². The Morgan fingerprint density at radius 2 is 1.23 bits per heavy atom. The van der Waals surface area contributed by atoms with Crippen LogP contribution in [0.1, 0.15) is 82.1 Å². The molecule has 0 amide bonds. The molecule has 0 fully saturated rings. The van der Waals surface area contributed by atoms with Crippen LogP contribution in [0.4, 0.5) is 0 Å². The minimum Gasteiger partial charge on any atom is -0.508 e. The van der Waals surface area contributed by atoms with E-state index in [0.717, 1.165) is 30.4 Å². The Kier molecular flexibility index (Phi) is 7.14. The summed E-state index contributed by atoms with van der Waals surface area (Å²) < 4.78 is 0. The van der Waals surface area contributed by atoms with Gasteiger partial charge >= 0.3 is 0 Å². The molecule has 2 nitrogen and oxygen atoms in total. The minimum atomic E-state index is -0.122. The summed E-state index contributed by atoms with van der Waals surface area (Å²) in [6.07, 6.45) is 7.62. The topological polar surface area (TPSA) is 40.5 Å². The Balaban J connectivity index is 2.48. The van der Waals surface area contributed by atoms with Gasteiger partial charge in [0.15, 0.2) is 0 Å². The van der Waals surface area contributed by atoms with Crippen LogP contribution in [0.25, 0.3) is 0 Å². The molecule has 0 radical (unpaired) electrons. The van der Waals surface area contributed by atoms with Gasteiger partial charge in [0, 0.05) is 5.41 Å². The van der Waals surface area contributed by atoms with Crippen molar-refractivity contribution in [1.29, 1.82) is 0 Å². The molecule has 2 heteroatoms. The van der Waals surface area contributed by atoms with Gasteiger partial charge < -0.3 is 10.2 Å². The summed E-state index contributed by atoms with van der Waals surface area (Å²) in [5.41, 5.74) is 4.37. The predicted octanol–water partition coefficient (Wildman–Crippen LogP) is 6.50. The van der Waals surface area contributed by atoms with Gasteiger partial charge in [-0.3, -0.25) is 0 Å². The highest BCUT2D eigenvalue weighted by Crippen LogP contribution is 2.40. The third kappa shape index (κ3) is 4.41. The molecule has 0 saturated carbocycles. The second-order valence-corrected chi connectivity index (χ2v) is 7.54. The first-order chi connectivity index (χ1) is 12.5. The van der Waals surface area contributed by atoms with Crippen molar-refractivity contribution in [2.75, 3.05) is 0 Å². The van der Waals surface area contributed by atoms with Gasteiger partial charge in [0.05, 0.1) is 0 Å². The maximum Gasteiger partial charge on any atom is 0.118 e. The highest BCUT2D eigenvalue weighted by molar-refractivity contribution is 5.47. The molecule has 0 bridgehead atoms. The van der Waals surface area contributed by atoms with E-state index in [2.05, 4.69) is 52.0 Å². The Bertz CT molecular complexity index is 665. The maximum absolute atomic E-state index is 10.1. The van der Waals surface area contributed by atoms with Crippen molar-refractivity contribution in [3.8, 4) is 11.5 Å². The molecule has 2 rings (SSSR count). The van der Waals surface area contributed by atoms with Crippen molar-refractivity contribution in [3.05, 3.63) is 58.7 Å². The molecule has 26 heavy (non-hydrogen) atoms. The van der Waals surface area contributed by atoms with Crippen LogP contribution in [0, 0.1) is 0 Å². The molecule has 0 aliphatic carbocycles. The monoisotopic (exact) mass is 354 g/mol. The lowest BCUT2D eigenvalue weighted by atomic mass is 9.71. The van der Waals surface area contributed by atoms with E-state index >= 15 is 0 Å². The number of aryl methyl sites for hydroxylation is 2. The van der Waals surface area contributed by atoms with E-state index in [1.165, 1.54) is 36.8 Å². The van der Waals surface area contributed by atoms with Crippen LogP contribution < -0.4 is 0 Å². The molecule has 0 heterocycles. The van der Waals surface area contributed by atoms with E-state index < -0.39 is 0 Å². The molecular weight excluding hydrogens is 320 g/mol. The van der Waals surface area contributed by atoms with Crippen molar-refractivity contribution in [2.45, 2.75) is 78.1 Å². The van der Waals surface area contributed by atoms with Gasteiger partial charge in [-0.25, -0.2) is 0 Å². The zero-order chi connectivity index (χ0) is 19.2. The van der Waals surface area contributed by atoms with Crippen LogP contribution >= 0.6 is 0 Å². The molecule has 0 aliphatic rings. The normalized spacial score (nSPS) is 11.7. The molecule has 2 aromatic carbocycles. The van der Waals surface area contributed by atoms with Crippen LogP contribution in [-0.2, 0) is 18.3 Å². The molecule has 0 spiro atoms. The molecule has 2 aromatic rings. The van der Waals surface area contributed by atoms with Crippen molar-refractivity contribution in [2.24, 2.45) is 0 Å². The molecule has 0 aliphatic heterocycles. The Morgan fingerprint density at radius 3 is 1.65 bits per heavy atom. The Hall–Kier alpha value is -1.96. The third-order valence-electron chi connectivity index (χ3n) is 5.73. The highest BCUT2D eigenvalue weighted by atomic mass is 16.3. The fraction of sp³-hybridized carbons (Fsp3) is 0.500. The lowest BCUT2D eigenvalue weighted by Crippen LogP contribution is -2.24. The lowest BCUT2D eigenvalue weighted by molar-refractivity contribution is 0.457. The van der Waals surface area contributed by atoms with E-state index in [9.17, 15) is 10.2 Å². The summed E-state index contributed by atoms with van der Waals surface area (Å²) in [6, 6.07) is 12.1. The van der Waals surface area contributed by atoms with E-state index in [-0.39, 0.29) is 5.41 Å². The average molecular weight is 355 g/mol. The second kappa shape index (κ2) is 9.12. The first-order valence-electron chi connectivity index (χ1n) is 10.1. The first-order valence-corrected chi connectivity index (χ1v) is 10.1. The number of aromatic hydroxyl groups is 2. The van der Waals surface area contributed by atoms with Crippen LogP contribution in [0.2, 0.25) is 0 Å². The summed E-state index contributed by atoms with van der Waals surface area (Å²) in [6.45, 7) is 8.69. The Morgan fingerprint density at radius 1 is 0.731 bits per heavy atom. The molecular formula is C24H34O2. The van der Waals surface area contributed by atoms with E-state index in [4.69, 9.17) is 0 Å². The largest absolute Gasteiger partial charge is 0.508 e. The number of rotatable bonds is 9. The van der Waals surface area contributed by atoms with Gasteiger partial charge in [-0.1, -0.05) is 77.6 Å². The zero-order valence-electron chi connectivity index (χ0n) is 16.8. The lowest BCUT2D eigenvalue weighted by Gasteiger charge is -2.32. The van der Waals surface area contributed by atoms with Gasteiger partial charge in [0.1, 0.15) is 11.5 Å². The van der Waals surface area contributed by atoms with Gasteiger partial charge in [-0.05, 0) is 53.6 Å². The molecule has 0 unspecified atom stereocenters. The maximum atomic E-state index is 10.1. The predicted molar refractivity (Wildman–Crippen MR) is 110 cm³/mol. The van der Waals surface area contributed by atoms with Crippen LogP contribution in [0.5, 0.6) is 11.5 Å². The van der Waals surface area contributed by atoms with Crippen molar-refractivity contribution in [3.63, 3.8) is 0 Å². The number of phenolic OH excluding ortho intramolecular Hbond substituents is 2. The summed E-state index contributed by atoms with van der Waals surface area (Å²) in [7, 11) is 0. The molecule has 0 atom stereocenters. The van der Waals surface area contributed by atoms with E-state index in [1.807, 2.05) is 12.1 Å². The van der Waals surface area contributed by atoms with Gasteiger partial charge in [-0.2, -0.15) is 0 Å². The van der Waals surface area contributed by atoms with Crippen LogP contribution in [0.15, 0.2) is 36.4 Å². The number of hydrogen-bond donors (Lipinski definition) is 2. The zero-order valence-corrected chi connectivity index (χ0v) is 16.8. The highest BCUT2D eigenvalue weighted by Gasteiger charge is 2.29. The molecule has 142 valence electrons. The van der Waals surface area contributed by atoms with Gasteiger partial charge in [0.2, 0.25) is 0 Å². The van der Waals surface area contributed by atoms with Gasteiger partial charge in [-0.15, -0.1) is 0 Å². The van der Waals surface area contributed by atoms with Crippen molar-refractivity contribution >= 4 is 0 Å². The summed E-state index contributed by atoms with van der Waals surface area (Å²) in [5.74, 6) is 0.758. The fourth-order valence-corrected chi connectivity index (χ4v) is 3.78. The summed E-state index contributed by atoms with van der Waals surface area (Å²) >= 11 is 0. The van der Waals surface area contributed by atoms with Gasteiger partial charge in [0.25, 0.3) is 0 Å². The number of unbranched alkanes of at least 4 members (excludes halogenated alkanes) is 3. The summed E-state index contributed by atoms with van der Waals surface area (Å²) in [5, 5.41) is 20.2. The second-order valence-electron chi connectivity index (χ2n) is 7.54. The van der Waals surface area contributed by atoms with E-state index in [1.54, 1.807) is 0 Å². The van der Waals surface area contributed by atoms with E-state index in [0.29, 0.717) is 11.5 Å². The first kappa shape index (κ1) is 20.4. The number of hydrogen-bond acceptors (Lipinski definition) is 2. The van der Waals surface area contributed by atoms with Crippen LogP contribution in [-0.4, -0.2) is 10.2 Å². The average Bonchev–Trinajstić information content (AvgIpc) is 2.65. The third-order valence-corrected chi connectivity index (χ3v) is 5.73. The number of benzene rings is 2. The SMILES string of the molecule is CCCCCCC(C)(c1ccc(O)c(CC)c1)c1ccc(O)c(CC)c1. The number of phenols is 2. The standard InChI is InChI=1S/C24H34O2/c1-5-8-9-10-15-24(4,20-11-13-22(25)18(6-2)16-20)21-12-14-23(26)19(7-3)17-21/h11-14,16-17,25-26H,5-10,15H2,1-4H3. The molecule has 0 saturated heterocycles. The molecule has 2 N–H and O–H groups in total. The molecule has 0 aromatic heterocycles. The summed E-state index contributed by atoms with van der Waals surface area (Å²) in [4.78, 5) is 0. The quantitative estimate of drug-likeness (QED) is 0.505. The Labute approximate surface area is 158 Å². The minimum absolute atomic E-state index is 0.122. The van der Waals surface area contributed by atoms with Crippen molar-refractivity contribution < 1.29 is 10.2 Å².